The van der Waals surface area contributed by atoms with Crippen LogP contribution in [0.3, 0.4) is 0 Å². The summed E-state index contributed by atoms with van der Waals surface area (Å²) in [4.78, 5) is 6.37. The fourth-order valence-corrected chi connectivity index (χ4v) is 2.35. The van der Waals surface area contributed by atoms with Crippen LogP contribution in [0.5, 0.6) is 0 Å². The first-order valence-corrected chi connectivity index (χ1v) is 9.36. The Labute approximate surface area is 108 Å². The molecule has 0 atom stereocenters. The summed E-state index contributed by atoms with van der Waals surface area (Å²) in [5.74, 6) is 3.12. The second-order valence-electron chi connectivity index (χ2n) is 5.95. The van der Waals surface area contributed by atoms with E-state index in [2.05, 4.69) is 63.4 Å². The first-order chi connectivity index (χ1) is 7.54. The van der Waals surface area contributed by atoms with Gasteiger partial charge in [0, 0.05) is 14.1 Å². The van der Waals surface area contributed by atoms with Crippen molar-refractivity contribution < 1.29 is 4.43 Å². The van der Waals surface area contributed by atoms with Gasteiger partial charge < -0.3 is 18.9 Å². The molecule has 0 rings (SSSR count). The van der Waals surface area contributed by atoms with Gasteiger partial charge in [-0.3, -0.25) is 0 Å². The van der Waals surface area contributed by atoms with Gasteiger partial charge in [-0.05, 0) is 53.8 Å². The third-order valence-corrected chi connectivity index (χ3v) is 3.02. The standard InChI is InChI=1S/C11H28BN3OSi/c1-13(2)11(16-17(7,8)9)10-12(14(3)4)15(5)6/h10H,1-9H3/b11-10-. The maximum atomic E-state index is 6.10. The van der Waals surface area contributed by atoms with Crippen LogP contribution in [0, 0.1) is 0 Å². The molecule has 0 heterocycles. The summed E-state index contributed by atoms with van der Waals surface area (Å²) in [6.07, 6.45) is 0. The lowest BCUT2D eigenvalue weighted by Gasteiger charge is -2.30. The SMILES string of the molecule is CN(C)B(/C=C(\O[Si](C)(C)C)N(C)C)N(C)C. The van der Waals surface area contributed by atoms with E-state index >= 15 is 0 Å². The summed E-state index contributed by atoms with van der Waals surface area (Å²) in [5, 5.41) is 0. The molecule has 0 aliphatic rings. The molecule has 0 spiro atoms. The molecule has 0 aromatic carbocycles. The normalized spacial score (nSPS) is 13.2. The summed E-state index contributed by atoms with van der Waals surface area (Å²) in [6.45, 7) is 6.84. The van der Waals surface area contributed by atoms with Crippen molar-refractivity contribution in [2.75, 3.05) is 42.3 Å². The Bertz CT molecular complexity index is 254. The fourth-order valence-electron chi connectivity index (χ4n) is 1.48. The Morgan fingerprint density at radius 2 is 1.35 bits per heavy atom. The van der Waals surface area contributed by atoms with Crippen LogP contribution in [0.25, 0.3) is 0 Å². The van der Waals surface area contributed by atoms with E-state index in [-0.39, 0.29) is 6.98 Å². The zero-order chi connectivity index (χ0) is 13.8. The molecule has 0 fully saturated rings. The van der Waals surface area contributed by atoms with Gasteiger partial charge in [0.2, 0.25) is 8.32 Å². The number of hydrogen-bond donors (Lipinski definition) is 0. The predicted molar refractivity (Wildman–Crippen MR) is 79.3 cm³/mol. The highest BCUT2D eigenvalue weighted by Crippen LogP contribution is 2.13. The first-order valence-electron chi connectivity index (χ1n) is 5.95. The van der Waals surface area contributed by atoms with Gasteiger partial charge in [0.1, 0.15) is 0 Å². The van der Waals surface area contributed by atoms with Crippen LogP contribution >= 0.6 is 0 Å². The molecule has 0 radical (unpaired) electrons. The number of rotatable bonds is 6. The van der Waals surface area contributed by atoms with E-state index in [4.69, 9.17) is 4.43 Å². The largest absolute Gasteiger partial charge is 0.534 e. The lowest BCUT2D eigenvalue weighted by atomic mass is 9.73. The molecule has 0 unspecified atom stereocenters. The lowest BCUT2D eigenvalue weighted by Crippen LogP contribution is -2.45. The van der Waals surface area contributed by atoms with Crippen molar-refractivity contribution in [3.8, 4) is 0 Å². The van der Waals surface area contributed by atoms with Crippen molar-refractivity contribution in [1.29, 1.82) is 0 Å². The van der Waals surface area contributed by atoms with Crippen molar-refractivity contribution in [2.45, 2.75) is 19.6 Å². The van der Waals surface area contributed by atoms with E-state index in [1.54, 1.807) is 0 Å². The van der Waals surface area contributed by atoms with Crippen LogP contribution in [0.1, 0.15) is 0 Å². The molecular weight excluding hydrogens is 229 g/mol. The quantitative estimate of drug-likeness (QED) is 0.528. The van der Waals surface area contributed by atoms with Crippen LogP contribution in [-0.2, 0) is 4.43 Å². The number of hydrogen-bond acceptors (Lipinski definition) is 4. The van der Waals surface area contributed by atoms with Crippen LogP contribution in [0.4, 0.5) is 0 Å². The molecule has 0 N–H and O–H groups in total. The summed E-state index contributed by atoms with van der Waals surface area (Å²) < 4.78 is 6.10. The summed E-state index contributed by atoms with van der Waals surface area (Å²) >= 11 is 0. The van der Waals surface area contributed by atoms with Crippen LogP contribution in [0.15, 0.2) is 11.9 Å². The van der Waals surface area contributed by atoms with Gasteiger partial charge in [0.25, 0.3) is 0 Å². The average molecular weight is 257 g/mol. The van der Waals surface area contributed by atoms with E-state index in [0.29, 0.717) is 0 Å². The molecule has 0 saturated carbocycles. The first kappa shape index (κ1) is 16.5. The predicted octanol–water partition coefficient (Wildman–Crippen LogP) is 1.39. The lowest BCUT2D eigenvalue weighted by molar-refractivity contribution is 0.276. The number of nitrogens with zero attached hydrogens (tertiary/aromatic N) is 3. The van der Waals surface area contributed by atoms with Gasteiger partial charge in [-0.25, -0.2) is 0 Å². The summed E-state index contributed by atoms with van der Waals surface area (Å²) in [5.41, 5.74) is 0. The second-order valence-corrected chi connectivity index (χ2v) is 10.4. The third-order valence-electron chi connectivity index (χ3n) is 2.20. The van der Waals surface area contributed by atoms with Crippen LogP contribution in [-0.4, -0.2) is 72.1 Å². The maximum absolute atomic E-state index is 6.10. The molecule has 0 saturated heterocycles. The van der Waals surface area contributed by atoms with Crippen molar-refractivity contribution in [1.82, 2.24) is 14.5 Å². The van der Waals surface area contributed by atoms with E-state index in [1.807, 2.05) is 19.0 Å². The van der Waals surface area contributed by atoms with Gasteiger partial charge in [-0.1, -0.05) is 0 Å². The highest BCUT2D eigenvalue weighted by atomic mass is 28.4. The molecule has 0 aliphatic heterocycles. The molecule has 6 heteroatoms. The molecule has 0 bridgehead atoms. The summed E-state index contributed by atoms with van der Waals surface area (Å²) in [6, 6.07) is 0. The van der Waals surface area contributed by atoms with Crippen molar-refractivity contribution in [3.05, 3.63) is 11.9 Å². The van der Waals surface area contributed by atoms with Crippen molar-refractivity contribution >= 4 is 15.3 Å². The zero-order valence-electron chi connectivity index (χ0n) is 12.9. The molecule has 0 aliphatic carbocycles. The highest BCUT2D eigenvalue weighted by molar-refractivity contribution is 6.70. The topological polar surface area (TPSA) is 19.0 Å². The van der Waals surface area contributed by atoms with Crippen molar-refractivity contribution in [2.24, 2.45) is 0 Å². The Hall–Kier alpha value is -0.458. The minimum absolute atomic E-state index is 0.240. The fraction of sp³-hybridized carbons (Fsp3) is 0.818. The molecule has 0 aromatic heterocycles. The van der Waals surface area contributed by atoms with E-state index < -0.39 is 8.32 Å². The maximum Gasteiger partial charge on any atom is 0.343 e. The molecule has 17 heavy (non-hydrogen) atoms. The van der Waals surface area contributed by atoms with Crippen LogP contribution in [0.2, 0.25) is 19.6 Å². The second kappa shape index (κ2) is 6.47. The highest BCUT2D eigenvalue weighted by Gasteiger charge is 2.23. The third kappa shape index (κ3) is 6.75. The Kier molecular flexibility index (Phi) is 6.29. The minimum atomic E-state index is -1.57. The van der Waals surface area contributed by atoms with E-state index in [1.165, 1.54) is 0 Å². The van der Waals surface area contributed by atoms with Crippen molar-refractivity contribution in [3.63, 3.8) is 0 Å². The Morgan fingerprint density at radius 1 is 0.941 bits per heavy atom. The molecule has 0 amide bonds. The Balaban J connectivity index is 5.02. The zero-order valence-corrected chi connectivity index (χ0v) is 13.9. The molecule has 0 aromatic rings. The van der Waals surface area contributed by atoms with Gasteiger partial charge in [0.15, 0.2) is 5.88 Å². The molecule has 4 nitrogen and oxygen atoms in total. The molecular formula is C11H28BN3OSi. The van der Waals surface area contributed by atoms with Gasteiger partial charge in [-0.2, -0.15) is 0 Å². The van der Waals surface area contributed by atoms with Crippen LogP contribution < -0.4 is 0 Å². The Morgan fingerprint density at radius 3 is 1.59 bits per heavy atom. The summed E-state index contributed by atoms with van der Waals surface area (Å²) in [7, 11) is 10.8. The van der Waals surface area contributed by atoms with E-state index in [9.17, 15) is 0 Å². The van der Waals surface area contributed by atoms with Gasteiger partial charge in [-0.15, -0.1) is 0 Å². The monoisotopic (exact) mass is 257 g/mol. The molecule has 100 valence electrons. The smallest absolute Gasteiger partial charge is 0.343 e. The minimum Gasteiger partial charge on any atom is -0.534 e. The van der Waals surface area contributed by atoms with E-state index in [0.717, 1.165) is 5.88 Å². The average Bonchev–Trinajstić information content (AvgIpc) is 2.08. The van der Waals surface area contributed by atoms with Gasteiger partial charge in [0.05, 0.1) is 0 Å². The van der Waals surface area contributed by atoms with Gasteiger partial charge >= 0.3 is 6.98 Å².